The van der Waals surface area contributed by atoms with Crippen LogP contribution in [0, 0.1) is 0 Å². The van der Waals surface area contributed by atoms with Gasteiger partial charge < -0.3 is 25.2 Å². The van der Waals surface area contributed by atoms with E-state index in [1.165, 1.54) is 11.3 Å². The first-order chi connectivity index (χ1) is 16.2. The molecule has 33 heavy (non-hydrogen) atoms. The fourth-order valence-corrected chi connectivity index (χ4v) is 4.05. The third-order valence-corrected chi connectivity index (χ3v) is 5.87. The van der Waals surface area contributed by atoms with Crippen LogP contribution in [-0.2, 0) is 6.42 Å². The molecule has 4 rings (SSSR count). The van der Waals surface area contributed by atoms with E-state index in [9.17, 15) is 0 Å². The highest BCUT2D eigenvalue weighted by Gasteiger charge is 2.20. The molecule has 0 atom stereocenters. The van der Waals surface area contributed by atoms with Gasteiger partial charge in [-0.05, 0) is 42.8 Å². The lowest BCUT2D eigenvalue weighted by Crippen LogP contribution is -2.46. The van der Waals surface area contributed by atoms with Crippen molar-refractivity contribution in [1.29, 1.82) is 0 Å². The number of piperazine rings is 1. The van der Waals surface area contributed by atoms with Gasteiger partial charge in [0.15, 0.2) is 5.11 Å². The van der Waals surface area contributed by atoms with Crippen LogP contribution < -0.4 is 25.2 Å². The van der Waals surface area contributed by atoms with E-state index in [1.807, 2.05) is 18.2 Å². The normalized spacial score (nSPS) is 13.5. The predicted molar refractivity (Wildman–Crippen MR) is 138 cm³/mol. The minimum absolute atomic E-state index is 0.440. The van der Waals surface area contributed by atoms with Crippen molar-refractivity contribution in [3.05, 3.63) is 72.3 Å². The SMILES string of the molecule is COc1cc(N2CCN(c3ccccc3)CC2)nc(NC(=S)NCCCc2ccccc2)n1. The number of aryl methyl sites for hydroxylation is 1. The molecule has 1 aliphatic heterocycles. The van der Waals surface area contributed by atoms with Crippen molar-refractivity contribution in [1.82, 2.24) is 15.3 Å². The van der Waals surface area contributed by atoms with Crippen molar-refractivity contribution >= 4 is 34.8 Å². The summed E-state index contributed by atoms with van der Waals surface area (Å²) in [5, 5.41) is 6.86. The molecule has 0 saturated carbocycles. The number of nitrogens with zero attached hydrogens (tertiary/aromatic N) is 4. The Hall–Kier alpha value is -3.39. The molecule has 0 bridgehead atoms. The lowest BCUT2D eigenvalue weighted by molar-refractivity contribution is 0.397. The average Bonchev–Trinajstić information content (AvgIpc) is 2.87. The minimum Gasteiger partial charge on any atom is -0.481 e. The standard InChI is InChI=1S/C25H30N6OS/c1-32-23-19-22(31-17-15-30(16-18-31)21-12-6-3-7-13-21)27-24(28-23)29-25(33)26-14-8-11-20-9-4-2-5-10-20/h2-7,9-10,12-13,19H,8,11,14-18H2,1H3,(H2,26,27,28,29,33). The van der Waals surface area contributed by atoms with Gasteiger partial charge in [-0.1, -0.05) is 48.5 Å². The Morgan fingerprint density at radius 3 is 2.30 bits per heavy atom. The van der Waals surface area contributed by atoms with Crippen LogP contribution in [0.5, 0.6) is 5.88 Å². The maximum absolute atomic E-state index is 5.45. The van der Waals surface area contributed by atoms with Gasteiger partial charge >= 0.3 is 0 Å². The fraction of sp³-hybridized carbons (Fsp3) is 0.320. The Kier molecular flexibility index (Phi) is 7.92. The van der Waals surface area contributed by atoms with E-state index in [-0.39, 0.29) is 0 Å². The second kappa shape index (κ2) is 11.5. The molecule has 3 aromatic rings. The highest BCUT2D eigenvalue weighted by Crippen LogP contribution is 2.23. The van der Waals surface area contributed by atoms with Crippen LogP contribution >= 0.6 is 12.2 Å². The summed E-state index contributed by atoms with van der Waals surface area (Å²) in [5.41, 5.74) is 2.58. The molecule has 1 saturated heterocycles. The Balaban J connectivity index is 1.30. The van der Waals surface area contributed by atoms with Gasteiger partial charge in [0.1, 0.15) is 5.82 Å². The number of benzene rings is 2. The van der Waals surface area contributed by atoms with Crippen LogP contribution in [0.25, 0.3) is 0 Å². The lowest BCUT2D eigenvalue weighted by atomic mass is 10.1. The van der Waals surface area contributed by atoms with Gasteiger partial charge in [-0.2, -0.15) is 9.97 Å². The van der Waals surface area contributed by atoms with Crippen LogP contribution in [0.3, 0.4) is 0 Å². The molecule has 1 aromatic heterocycles. The highest BCUT2D eigenvalue weighted by atomic mass is 32.1. The molecule has 0 unspecified atom stereocenters. The van der Waals surface area contributed by atoms with E-state index < -0.39 is 0 Å². The number of nitrogens with one attached hydrogen (secondary N) is 2. The number of ether oxygens (including phenoxy) is 1. The largest absolute Gasteiger partial charge is 0.481 e. The van der Waals surface area contributed by atoms with Crippen LogP contribution in [0.4, 0.5) is 17.5 Å². The van der Waals surface area contributed by atoms with Gasteiger partial charge in [-0.15, -0.1) is 0 Å². The second-order valence-electron chi connectivity index (χ2n) is 7.87. The zero-order chi connectivity index (χ0) is 22.9. The third-order valence-electron chi connectivity index (χ3n) is 5.62. The summed E-state index contributed by atoms with van der Waals surface area (Å²) in [6, 6.07) is 22.8. The van der Waals surface area contributed by atoms with Gasteiger partial charge in [0, 0.05) is 44.5 Å². The van der Waals surface area contributed by atoms with Crippen molar-refractivity contribution in [3.8, 4) is 5.88 Å². The van der Waals surface area contributed by atoms with Gasteiger partial charge in [0.2, 0.25) is 11.8 Å². The average molecular weight is 463 g/mol. The molecule has 1 aliphatic rings. The van der Waals surface area contributed by atoms with Gasteiger partial charge in [-0.3, -0.25) is 0 Å². The number of rotatable bonds is 8. The Morgan fingerprint density at radius 1 is 0.939 bits per heavy atom. The molecule has 1 fully saturated rings. The fourth-order valence-electron chi connectivity index (χ4n) is 3.85. The van der Waals surface area contributed by atoms with E-state index in [2.05, 4.69) is 73.9 Å². The smallest absolute Gasteiger partial charge is 0.234 e. The lowest BCUT2D eigenvalue weighted by Gasteiger charge is -2.36. The number of para-hydroxylation sites is 1. The molecule has 7 nitrogen and oxygen atoms in total. The first-order valence-corrected chi connectivity index (χ1v) is 11.7. The summed E-state index contributed by atoms with van der Waals surface area (Å²) in [6.07, 6.45) is 1.99. The number of aromatic nitrogens is 2. The molecule has 0 aliphatic carbocycles. The van der Waals surface area contributed by atoms with E-state index >= 15 is 0 Å². The number of hydrogen-bond acceptors (Lipinski definition) is 6. The zero-order valence-electron chi connectivity index (χ0n) is 18.9. The van der Waals surface area contributed by atoms with Crippen molar-refractivity contribution in [2.45, 2.75) is 12.8 Å². The monoisotopic (exact) mass is 462 g/mol. The van der Waals surface area contributed by atoms with Gasteiger partial charge in [0.05, 0.1) is 7.11 Å². The Bertz CT molecular complexity index is 1030. The summed E-state index contributed by atoms with van der Waals surface area (Å²) in [4.78, 5) is 13.8. The number of methoxy groups -OCH3 is 1. The van der Waals surface area contributed by atoms with Crippen LogP contribution in [-0.4, -0.2) is 54.9 Å². The van der Waals surface area contributed by atoms with Crippen LogP contribution in [0.2, 0.25) is 0 Å². The third kappa shape index (κ3) is 6.55. The summed E-state index contributed by atoms with van der Waals surface area (Å²) >= 11 is 5.45. The van der Waals surface area contributed by atoms with Gasteiger partial charge in [-0.25, -0.2) is 0 Å². The molecule has 0 spiro atoms. The molecule has 0 amide bonds. The van der Waals surface area contributed by atoms with E-state index in [0.717, 1.165) is 51.4 Å². The zero-order valence-corrected chi connectivity index (χ0v) is 19.7. The highest BCUT2D eigenvalue weighted by molar-refractivity contribution is 7.80. The topological polar surface area (TPSA) is 65.6 Å². The van der Waals surface area contributed by atoms with Crippen LogP contribution in [0.15, 0.2) is 66.7 Å². The molecular formula is C25H30N6OS. The Labute approximate surface area is 200 Å². The molecule has 2 heterocycles. The summed E-state index contributed by atoms with van der Waals surface area (Å²) in [6.45, 7) is 4.38. The number of anilines is 3. The molecule has 172 valence electrons. The number of hydrogen-bond donors (Lipinski definition) is 2. The van der Waals surface area contributed by atoms with Crippen molar-refractivity contribution in [2.24, 2.45) is 0 Å². The van der Waals surface area contributed by atoms with E-state index in [0.29, 0.717) is 16.9 Å². The van der Waals surface area contributed by atoms with Crippen molar-refractivity contribution < 1.29 is 4.74 Å². The second-order valence-corrected chi connectivity index (χ2v) is 8.28. The first-order valence-electron chi connectivity index (χ1n) is 11.3. The Morgan fingerprint density at radius 2 is 1.61 bits per heavy atom. The molecular weight excluding hydrogens is 432 g/mol. The summed E-state index contributed by atoms with van der Waals surface area (Å²) < 4.78 is 5.41. The maximum Gasteiger partial charge on any atom is 0.234 e. The van der Waals surface area contributed by atoms with Gasteiger partial charge in [0.25, 0.3) is 0 Å². The summed E-state index contributed by atoms with van der Waals surface area (Å²) in [7, 11) is 1.61. The molecule has 8 heteroatoms. The number of thiocarbonyl (C=S) groups is 1. The van der Waals surface area contributed by atoms with E-state index in [1.54, 1.807) is 7.11 Å². The predicted octanol–water partition coefficient (Wildman–Crippen LogP) is 3.73. The first kappa shape index (κ1) is 22.8. The van der Waals surface area contributed by atoms with Crippen molar-refractivity contribution in [2.75, 3.05) is 55.0 Å². The minimum atomic E-state index is 0.440. The molecule has 2 aromatic carbocycles. The van der Waals surface area contributed by atoms with Crippen LogP contribution in [0.1, 0.15) is 12.0 Å². The molecule has 2 N–H and O–H groups in total. The summed E-state index contributed by atoms with van der Waals surface area (Å²) in [5.74, 6) is 1.79. The van der Waals surface area contributed by atoms with E-state index in [4.69, 9.17) is 21.9 Å². The maximum atomic E-state index is 5.45. The quantitative estimate of drug-likeness (QED) is 0.388. The molecule has 0 radical (unpaired) electrons. The van der Waals surface area contributed by atoms with Crippen molar-refractivity contribution in [3.63, 3.8) is 0 Å².